The van der Waals surface area contributed by atoms with Crippen LogP contribution in [0.25, 0.3) is 11.3 Å². The molecule has 0 spiro atoms. The number of carbonyl (C=O) groups is 1. The van der Waals surface area contributed by atoms with E-state index in [1.54, 1.807) is 6.07 Å². The molecular weight excluding hydrogens is 348 g/mol. The fourth-order valence-electron chi connectivity index (χ4n) is 3.83. The minimum atomic E-state index is -0.421. The molecule has 0 unspecified atom stereocenters. The van der Waals surface area contributed by atoms with Crippen molar-refractivity contribution in [2.75, 3.05) is 13.1 Å². The summed E-state index contributed by atoms with van der Waals surface area (Å²) in [6, 6.07) is 19.6. The number of hydrogen-bond acceptors (Lipinski definition) is 4. The van der Waals surface area contributed by atoms with Gasteiger partial charge in [0.2, 0.25) is 5.91 Å². The van der Waals surface area contributed by atoms with E-state index in [-0.39, 0.29) is 0 Å². The van der Waals surface area contributed by atoms with E-state index in [9.17, 15) is 4.79 Å². The number of primary amides is 1. The van der Waals surface area contributed by atoms with E-state index < -0.39 is 5.91 Å². The Hall–Kier alpha value is -3.05. The quantitative estimate of drug-likeness (QED) is 0.742. The van der Waals surface area contributed by atoms with Gasteiger partial charge in [0.15, 0.2) is 0 Å². The number of rotatable bonds is 5. The maximum absolute atomic E-state index is 11.5. The van der Waals surface area contributed by atoms with Gasteiger partial charge in [-0.25, -0.2) is 0 Å². The fraction of sp³-hybridized carbons (Fsp3) is 0.261. The van der Waals surface area contributed by atoms with E-state index in [1.807, 2.05) is 48.7 Å². The molecule has 3 heterocycles. The minimum Gasteiger partial charge on any atom is -0.366 e. The zero-order valence-electron chi connectivity index (χ0n) is 15.8. The van der Waals surface area contributed by atoms with Crippen molar-refractivity contribution in [2.24, 2.45) is 5.73 Å². The molecule has 4 rings (SSSR count). The number of pyridine rings is 2. The Bertz CT molecular complexity index is 958. The lowest BCUT2D eigenvalue weighted by molar-refractivity contribution is 0.100. The van der Waals surface area contributed by atoms with E-state index in [0.29, 0.717) is 11.5 Å². The number of aromatic nitrogens is 2. The normalized spacial score (nSPS) is 17.4. The highest BCUT2D eigenvalue weighted by Crippen LogP contribution is 2.28. The molecule has 142 valence electrons. The molecule has 0 bridgehead atoms. The molecule has 1 fully saturated rings. The van der Waals surface area contributed by atoms with E-state index in [2.05, 4.69) is 22.0 Å². The van der Waals surface area contributed by atoms with Crippen molar-refractivity contribution in [3.63, 3.8) is 0 Å². The predicted octanol–water partition coefficient (Wildman–Crippen LogP) is 3.62. The molecule has 0 radical (unpaired) electrons. The SMILES string of the molecule is NC(=O)c1cccc(-c2cccc([C@@H]3CCCN(Cc4ccccn4)C3)n2)c1. The van der Waals surface area contributed by atoms with Gasteiger partial charge < -0.3 is 5.73 Å². The number of amides is 1. The molecule has 1 aromatic carbocycles. The van der Waals surface area contributed by atoms with Gasteiger partial charge in [-0.1, -0.05) is 24.3 Å². The van der Waals surface area contributed by atoms with Crippen LogP contribution in [0.15, 0.2) is 66.9 Å². The Morgan fingerprint density at radius 3 is 2.82 bits per heavy atom. The summed E-state index contributed by atoms with van der Waals surface area (Å²) in [7, 11) is 0. The van der Waals surface area contributed by atoms with E-state index in [1.165, 1.54) is 0 Å². The Morgan fingerprint density at radius 2 is 2.00 bits per heavy atom. The van der Waals surface area contributed by atoms with Crippen molar-refractivity contribution in [3.8, 4) is 11.3 Å². The summed E-state index contributed by atoms with van der Waals surface area (Å²) >= 11 is 0. The van der Waals surface area contributed by atoms with Crippen molar-refractivity contribution < 1.29 is 4.79 Å². The predicted molar refractivity (Wildman–Crippen MR) is 110 cm³/mol. The van der Waals surface area contributed by atoms with Crippen LogP contribution in [0.1, 0.15) is 40.5 Å². The summed E-state index contributed by atoms with van der Waals surface area (Å²) in [5, 5.41) is 0. The first-order chi connectivity index (χ1) is 13.7. The second-order valence-corrected chi connectivity index (χ2v) is 7.29. The third-order valence-corrected chi connectivity index (χ3v) is 5.25. The standard InChI is InChI=1S/C23H24N4O/c24-23(28)18-7-3-6-17(14-18)21-10-4-11-22(26-21)19-8-5-13-27(15-19)16-20-9-1-2-12-25-20/h1-4,6-7,9-12,14,19H,5,8,13,15-16H2,(H2,24,28)/t19-/m1/s1. The van der Waals surface area contributed by atoms with E-state index >= 15 is 0 Å². The summed E-state index contributed by atoms with van der Waals surface area (Å²) < 4.78 is 0. The smallest absolute Gasteiger partial charge is 0.248 e. The van der Waals surface area contributed by atoms with Crippen LogP contribution >= 0.6 is 0 Å². The summed E-state index contributed by atoms with van der Waals surface area (Å²) in [4.78, 5) is 23.3. The summed E-state index contributed by atoms with van der Waals surface area (Å²) in [5.74, 6) is -0.0211. The number of nitrogens with zero attached hydrogens (tertiary/aromatic N) is 3. The molecule has 0 aliphatic carbocycles. The maximum Gasteiger partial charge on any atom is 0.248 e. The molecule has 28 heavy (non-hydrogen) atoms. The first-order valence-corrected chi connectivity index (χ1v) is 9.68. The number of carbonyl (C=O) groups excluding carboxylic acids is 1. The van der Waals surface area contributed by atoms with Crippen LogP contribution in [0.2, 0.25) is 0 Å². The minimum absolute atomic E-state index is 0.400. The second kappa shape index (κ2) is 8.31. The van der Waals surface area contributed by atoms with Crippen molar-refractivity contribution in [2.45, 2.75) is 25.3 Å². The summed E-state index contributed by atoms with van der Waals surface area (Å²) in [6.07, 6.45) is 4.14. The average molecular weight is 372 g/mol. The average Bonchev–Trinajstić information content (AvgIpc) is 2.75. The van der Waals surface area contributed by atoms with Crippen molar-refractivity contribution >= 4 is 5.91 Å². The Labute approximate surface area is 165 Å². The van der Waals surface area contributed by atoms with Crippen LogP contribution in [0.3, 0.4) is 0 Å². The number of nitrogens with two attached hydrogens (primary N) is 1. The lowest BCUT2D eigenvalue weighted by atomic mass is 9.93. The highest BCUT2D eigenvalue weighted by molar-refractivity contribution is 5.93. The molecule has 1 aliphatic rings. The maximum atomic E-state index is 11.5. The first-order valence-electron chi connectivity index (χ1n) is 9.68. The molecule has 5 heteroatoms. The van der Waals surface area contributed by atoms with Crippen LogP contribution in [0.4, 0.5) is 0 Å². The summed E-state index contributed by atoms with van der Waals surface area (Å²) in [6.45, 7) is 2.94. The largest absolute Gasteiger partial charge is 0.366 e. The van der Waals surface area contributed by atoms with Crippen molar-refractivity contribution in [1.82, 2.24) is 14.9 Å². The van der Waals surface area contributed by atoms with Gasteiger partial charge in [0.1, 0.15) is 0 Å². The molecule has 3 aromatic rings. The zero-order valence-corrected chi connectivity index (χ0v) is 15.8. The highest BCUT2D eigenvalue weighted by Gasteiger charge is 2.23. The van der Waals surface area contributed by atoms with Crippen LogP contribution in [0, 0.1) is 0 Å². The summed E-state index contributed by atoms with van der Waals surface area (Å²) in [5.41, 5.74) is 9.92. The molecule has 1 atom stereocenters. The van der Waals surface area contributed by atoms with Gasteiger partial charge in [-0.15, -0.1) is 0 Å². The van der Waals surface area contributed by atoms with Crippen LogP contribution < -0.4 is 5.73 Å². The molecule has 0 saturated carbocycles. The van der Waals surface area contributed by atoms with Gasteiger partial charge in [0.25, 0.3) is 0 Å². The van der Waals surface area contributed by atoms with Gasteiger partial charge in [0, 0.05) is 42.0 Å². The molecule has 1 saturated heterocycles. The molecular formula is C23H24N4O. The fourth-order valence-corrected chi connectivity index (χ4v) is 3.83. The lowest BCUT2D eigenvalue weighted by Gasteiger charge is -2.32. The number of benzene rings is 1. The van der Waals surface area contributed by atoms with Crippen LogP contribution in [-0.4, -0.2) is 33.9 Å². The van der Waals surface area contributed by atoms with Gasteiger partial charge in [-0.05, 0) is 55.8 Å². The first kappa shape index (κ1) is 18.3. The lowest BCUT2D eigenvalue weighted by Crippen LogP contribution is -2.34. The zero-order chi connectivity index (χ0) is 19.3. The topological polar surface area (TPSA) is 72.1 Å². The highest BCUT2D eigenvalue weighted by atomic mass is 16.1. The van der Waals surface area contributed by atoms with Gasteiger partial charge >= 0.3 is 0 Å². The third-order valence-electron chi connectivity index (χ3n) is 5.25. The van der Waals surface area contributed by atoms with Gasteiger partial charge in [-0.3, -0.25) is 19.7 Å². The van der Waals surface area contributed by atoms with Crippen LogP contribution in [-0.2, 0) is 6.54 Å². The monoisotopic (exact) mass is 372 g/mol. The van der Waals surface area contributed by atoms with Gasteiger partial charge in [0.05, 0.1) is 11.4 Å². The Morgan fingerprint density at radius 1 is 1.11 bits per heavy atom. The number of likely N-dealkylation sites (tertiary alicyclic amines) is 1. The molecule has 2 aromatic heterocycles. The number of piperidine rings is 1. The van der Waals surface area contributed by atoms with E-state index in [0.717, 1.165) is 55.1 Å². The Kier molecular flexibility index (Phi) is 5.44. The number of hydrogen-bond donors (Lipinski definition) is 1. The molecule has 1 aliphatic heterocycles. The Balaban J connectivity index is 1.52. The van der Waals surface area contributed by atoms with Crippen molar-refractivity contribution in [3.05, 3.63) is 83.8 Å². The van der Waals surface area contributed by atoms with Gasteiger partial charge in [-0.2, -0.15) is 0 Å². The molecule has 5 nitrogen and oxygen atoms in total. The van der Waals surface area contributed by atoms with E-state index in [4.69, 9.17) is 10.7 Å². The van der Waals surface area contributed by atoms with Crippen LogP contribution in [0.5, 0.6) is 0 Å². The third kappa shape index (κ3) is 4.26. The molecule has 1 amide bonds. The second-order valence-electron chi connectivity index (χ2n) is 7.29. The van der Waals surface area contributed by atoms with Crippen molar-refractivity contribution in [1.29, 1.82) is 0 Å². The molecule has 2 N–H and O–H groups in total.